The minimum absolute atomic E-state index is 0.0402. The van der Waals surface area contributed by atoms with Gasteiger partial charge in [0.2, 0.25) is 5.78 Å². The van der Waals surface area contributed by atoms with Crippen LogP contribution in [0.15, 0.2) is 24.3 Å². The number of carbonyl (C=O) groups excluding carboxylic acids is 2. The molecule has 1 atom stereocenters. The fraction of sp³-hybridized carbons (Fsp3) is 0.273. The predicted molar refractivity (Wildman–Crippen MR) is 57.2 cm³/mol. The standard InChI is InChI=1S/C11H13NO5/c1-12(17)11(16)10(15)6-9(14)7-2-4-8(13)5-3-7/h2-5,9,13-14,17H,6H2,1H3. The summed E-state index contributed by atoms with van der Waals surface area (Å²) >= 11 is 0. The van der Waals surface area contributed by atoms with Crippen LogP contribution in [0, 0.1) is 0 Å². The van der Waals surface area contributed by atoms with Gasteiger partial charge in [0.25, 0.3) is 0 Å². The average Bonchev–Trinajstić information content (AvgIpc) is 2.28. The number of aliphatic hydroxyl groups excluding tert-OH is 1. The minimum Gasteiger partial charge on any atom is -0.508 e. The van der Waals surface area contributed by atoms with Crippen molar-refractivity contribution in [3.05, 3.63) is 29.8 Å². The van der Waals surface area contributed by atoms with E-state index >= 15 is 0 Å². The van der Waals surface area contributed by atoms with Crippen molar-refractivity contribution in [1.82, 2.24) is 5.06 Å². The van der Waals surface area contributed by atoms with Gasteiger partial charge in [-0.05, 0) is 17.7 Å². The lowest BCUT2D eigenvalue weighted by atomic mass is 10.0. The van der Waals surface area contributed by atoms with Crippen molar-refractivity contribution >= 4 is 11.7 Å². The van der Waals surface area contributed by atoms with Gasteiger partial charge in [-0.3, -0.25) is 14.8 Å². The molecule has 6 nitrogen and oxygen atoms in total. The number of aliphatic hydroxyl groups is 1. The smallest absolute Gasteiger partial charge is 0.313 e. The predicted octanol–water partition coefficient (Wildman–Crippen LogP) is 0.232. The van der Waals surface area contributed by atoms with E-state index in [1.165, 1.54) is 24.3 Å². The normalized spacial score (nSPS) is 11.9. The van der Waals surface area contributed by atoms with E-state index in [1.54, 1.807) is 0 Å². The van der Waals surface area contributed by atoms with Crippen LogP contribution < -0.4 is 0 Å². The monoisotopic (exact) mass is 239 g/mol. The highest BCUT2D eigenvalue weighted by Crippen LogP contribution is 2.19. The first-order chi connectivity index (χ1) is 7.91. The van der Waals surface area contributed by atoms with Gasteiger partial charge >= 0.3 is 5.91 Å². The first-order valence-corrected chi connectivity index (χ1v) is 4.88. The molecule has 0 bridgehead atoms. The van der Waals surface area contributed by atoms with Crippen molar-refractivity contribution in [1.29, 1.82) is 0 Å². The Morgan fingerprint density at radius 2 is 1.82 bits per heavy atom. The van der Waals surface area contributed by atoms with Gasteiger partial charge in [-0.25, -0.2) is 5.06 Å². The molecule has 0 aliphatic carbocycles. The third-order valence-electron chi connectivity index (χ3n) is 2.19. The third kappa shape index (κ3) is 3.54. The number of hydroxylamine groups is 2. The van der Waals surface area contributed by atoms with Crippen LogP contribution in [0.5, 0.6) is 5.75 Å². The van der Waals surface area contributed by atoms with E-state index in [0.717, 1.165) is 7.05 Å². The molecule has 17 heavy (non-hydrogen) atoms. The summed E-state index contributed by atoms with van der Waals surface area (Å²) in [7, 11) is 1.03. The van der Waals surface area contributed by atoms with E-state index in [2.05, 4.69) is 0 Å². The van der Waals surface area contributed by atoms with E-state index < -0.39 is 24.2 Å². The zero-order valence-corrected chi connectivity index (χ0v) is 9.20. The third-order valence-corrected chi connectivity index (χ3v) is 2.19. The number of benzene rings is 1. The molecule has 3 N–H and O–H groups in total. The molecule has 0 aliphatic heterocycles. The molecule has 1 amide bonds. The molecule has 0 saturated carbocycles. The summed E-state index contributed by atoms with van der Waals surface area (Å²) in [4.78, 5) is 22.3. The van der Waals surface area contributed by atoms with Gasteiger partial charge in [0.05, 0.1) is 6.10 Å². The van der Waals surface area contributed by atoms with Gasteiger partial charge in [-0.1, -0.05) is 12.1 Å². The molecular weight excluding hydrogens is 226 g/mol. The highest BCUT2D eigenvalue weighted by atomic mass is 16.5. The van der Waals surface area contributed by atoms with Crippen LogP contribution in [0.4, 0.5) is 0 Å². The van der Waals surface area contributed by atoms with Gasteiger partial charge < -0.3 is 10.2 Å². The number of nitrogens with zero attached hydrogens (tertiary/aromatic N) is 1. The number of Topliss-reactive ketones (excluding diaryl/α,β-unsaturated/α-hetero) is 1. The lowest BCUT2D eigenvalue weighted by molar-refractivity contribution is -0.166. The topological polar surface area (TPSA) is 98.1 Å². The first kappa shape index (κ1) is 13.1. The number of ketones is 1. The Bertz CT molecular complexity index is 412. The molecule has 1 aromatic rings. The Morgan fingerprint density at radius 1 is 1.29 bits per heavy atom. The Morgan fingerprint density at radius 3 is 2.29 bits per heavy atom. The highest BCUT2D eigenvalue weighted by molar-refractivity contribution is 6.35. The van der Waals surface area contributed by atoms with Crippen molar-refractivity contribution in [3.63, 3.8) is 0 Å². The van der Waals surface area contributed by atoms with E-state index in [-0.39, 0.29) is 10.8 Å². The molecule has 0 fully saturated rings. The van der Waals surface area contributed by atoms with E-state index in [1.807, 2.05) is 0 Å². The van der Waals surface area contributed by atoms with Crippen molar-refractivity contribution in [3.8, 4) is 5.75 Å². The molecule has 0 heterocycles. The highest BCUT2D eigenvalue weighted by Gasteiger charge is 2.21. The van der Waals surface area contributed by atoms with Gasteiger partial charge in [0.1, 0.15) is 5.75 Å². The van der Waals surface area contributed by atoms with Gasteiger partial charge in [-0.15, -0.1) is 0 Å². The SMILES string of the molecule is CN(O)C(=O)C(=O)CC(O)c1ccc(O)cc1. The summed E-state index contributed by atoms with van der Waals surface area (Å²) in [6.45, 7) is 0. The molecule has 0 aromatic heterocycles. The van der Waals surface area contributed by atoms with Gasteiger partial charge in [0, 0.05) is 13.5 Å². The summed E-state index contributed by atoms with van der Waals surface area (Å²) in [6.07, 6.45) is -1.57. The zero-order chi connectivity index (χ0) is 13.0. The van der Waals surface area contributed by atoms with Gasteiger partial charge in [0.15, 0.2) is 0 Å². The number of likely N-dealkylation sites (N-methyl/N-ethyl adjacent to an activating group) is 1. The second-order valence-electron chi connectivity index (χ2n) is 3.56. The summed E-state index contributed by atoms with van der Waals surface area (Å²) in [5.74, 6) is -1.93. The van der Waals surface area contributed by atoms with Crippen LogP contribution in [0.1, 0.15) is 18.1 Å². The number of phenols is 1. The molecule has 0 spiro atoms. The number of carbonyl (C=O) groups is 2. The average molecular weight is 239 g/mol. The minimum atomic E-state index is -1.15. The number of rotatable bonds is 4. The summed E-state index contributed by atoms with van der Waals surface area (Å²) in [5.41, 5.74) is 0.407. The second kappa shape index (κ2) is 5.42. The van der Waals surface area contributed by atoms with Crippen molar-refractivity contribution in [2.24, 2.45) is 0 Å². The summed E-state index contributed by atoms with van der Waals surface area (Å²) in [5, 5.41) is 27.6. The maximum atomic E-state index is 11.3. The molecule has 1 rings (SSSR count). The lowest BCUT2D eigenvalue weighted by Gasteiger charge is -2.11. The summed E-state index contributed by atoms with van der Waals surface area (Å²) in [6, 6.07) is 5.62. The number of hydrogen-bond acceptors (Lipinski definition) is 5. The molecule has 0 saturated heterocycles. The number of phenolic OH excluding ortho intramolecular Hbond substituents is 1. The maximum absolute atomic E-state index is 11.3. The van der Waals surface area contributed by atoms with E-state index in [4.69, 9.17) is 10.3 Å². The second-order valence-corrected chi connectivity index (χ2v) is 3.56. The van der Waals surface area contributed by atoms with Crippen LogP contribution >= 0.6 is 0 Å². The van der Waals surface area contributed by atoms with Crippen molar-refractivity contribution in [2.45, 2.75) is 12.5 Å². The molecule has 1 unspecified atom stereocenters. The van der Waals surface area contributed by atoms with Crippen molar-refractivity contribution in [2.75, 3.05) is 7.05 Å². The molecule has 0 radical (unpaired) electrons. The van der Waals surface area contributed by atoms with Crippen LogP contribution in [0.25, 0.3) is 0 Å². The van der Waals surface area contributed by atoms with Crippen LogP contribution in [0.2, 0.25) is 0 Å². The fourth-order valence-corrected chi connectivity index (χ4v) is 1.26. The molecule has 1 aromatic carbocycles. The molecule has 92 valence electrons. The van der Waals surface area contributed by atoms with Crippen molar-refractivity contribution < 1.29 is 25.0 Å². The summed E-state index contributed by atoms with van der Waals surface area (Å²) < 4.78 is 0. The van der Waals surface area contributed by atoms with Crippen LogP contribution in [-0.2, 0) is 9.59 Å². The Kier molecular flexibility index (Phi) is 4.19. The van der Waals surface area contributed by atoms with E-state index in [0.29, 0.717) is 5.56 Å². The zero-order valence-electron chi connectivity index (χ0n) is 9.20. The first-order valence-electron chi connectivity index (χ1n) is 4.88. The Hall–Kier alpha value is -1.92. The largest absolute Gasteiger partial charge is 0.508 e. The van der Waals surface area contributed by atoms with Crippen LogP contribution in [0.3, 0.4) is 0 Å². The number of amides is 1. The Balaban J connectivity index is 2.66. The number of aromatic hydroxyl groups is 1. The lowest BCUT2D eigenvalue weighted by Crippen LogP contribution is -2.31. The molecule has 0 aliphatic rings. The Labute approximate surface area is 97.7 Å². The molecular formula is C11H13NO5. The van der Waals surface area contributed by atoms with Gasteiger partial charge in [-0.2, -0.15) is 0 Å². The van der Waals surface area contributed by atoms with E-state index in [9.17, 15) is 14.7 Å². The van der Waals surface area contributed by atoms with Crippen LogP contribution in [-0.4, -0.2) is 39.2 Å². The fourth-order valence-electron chi connectivity index (χ4n) is 1.26. The number of hydrogen-bond donors (Lipinski definition) is 3. The quantitative estimate of drug-likeness (QED) is 0.397. The molecule has 6 heteroatoms. The maximum Gasteiger partial charge on any atom is 0.313 e.